The Morgan fingerprint density at radius 2 is 1.77 bits per heavy atom. The van der Waals surface area contributed by atoms with Crippen molar-refractivity contribution < 1.29 is 19.1 Å². The summed E-state index contributed by atoms with van der Waals surface area (Å²) < 4.78 is 5.67. The summed E-state index contributed by atoms with van der Waals surface area (Å²) in [6.07, 6.45) is 1.06. The van der Waals surface area contributed by atoms with Gasteiger partial charge < -0.3 is 19.9 Å². The molecule has 0 radical (unpaired) electrons. The Morgan fingerprint density at radius 3 is 2.33 bits per heavy atom. The van der Waals surface area contributed by atoms with E-state index in [9.17, 15) is 14.4 Å². The van der Waals surface area contributed by atoms with Crippen molar-refractivity contribution in [3.05, 3.63) is 29.3 Å². The molecule has 1 aromatic rings. The van der Waals surface area contributed by atoms with E-state index in [4.69, 9.17) is 16.3 Å². The minimum Gasteiger partial charge on any atom is -0.481 e. The van der Waals surface area contributed by atoms with Gasteiger partial charge in [0.15, 0.2) is 6.10 Å². The highest BCUT2D eigenvalue weighted by molar-refractivity contribution is 6.30. The number of carbonyl (C=O) groups is 3. The molecule has 8 heteroatoms. The molecule has 1 N–H and O–H groups in total. The molecule has 3 amide bonds. The average Bonchev–Trinajstić information content (AvgIpc) is 3.11. The molecule has 2 atom stereocenters. The molecule has 2 unspecified atom stereocenters. The van der Waals surface area contributed by atoms with Crippen molar-refractivity contribution in [1.29, 1.82) is 0 Å². The molecule has 0 spiro atoms. The molecule has 7 nitrogen and oxygen atoms in total. The Bertz CT molecular complexity index is 775. The van der Waals surface area contributed by atoms with Gasteiger partial charge in [-0.2, -0.15) is 0 Å². The SMILES string of the molecule is CC(Oc1ccc(Cl)cc1)C(=O)NC1CCN(C(=O)C2CC(=O)N(C(C)C)C2)CC1. The second kappa shape index (κ2) is 9.69. The lowest BCUT2D eigenvalue weighted by molar-refractivity contribution is -0.137. The fourth-order valence-corrected chi connectivity index (χ4v) is 4.11. The first kappa shape index (κ1) is 22.4. The van der Waals surface area contributed by atoms with Crippen molar-refractivity contribution in [3.8, 4) is 5.75 Å². The van der Waals surface area contributed by atoms with Crippen LogP contribution in [0.4, 0.5) is 0 Å². The van der Waals surface area contributed by atoms with Gasteiger partial charge in [0.05, 0.1) is 5.92 Å². The van der Waals surface area contributed by atoms with Gasteiger partial charge in [-0.05, 0) is 57.9 Å². The number of likely N-dealkylation sites (tertiary alicyclic amines) is 2. The van der Waals surface area contributed by atoms with E-state index in [1.165, 1.54) is 0 Å². The maximum absolute atomic E-state index is 12.8. The zero-order chi connectivity index (χ0) is 21.8. The van der Waals surface area contributed by atoms with Gasteiger partial charge in [-0.25, -0.2) is 0 Å². The smallest absolute Gasteiger partial charge is 0.260 e. The molecule has 30 heavy (non-hydrogen) atoms. The van der Waals surface area contributed by atoms with Crippen LogP contribution < -0.4 is 10.1 Å². The topological polar surface area (TPSA) is 79.0 Å². The van der Waals surface area contributed by atoms with Crippen LogP contribution in [0.25, 0.3) is 0 Å². The molecular weight excluding hydrogens is 406 g/mol. The van der Waals surface area contributed by atoms with Crippen molar-refractivity contribution >= 4 is 29.3 Å². The number of hydrogen-bond donors (Lipinski definition) is 1. The molecule has 2 aliphatic heterocycles. The van der Waals surface area contributed by atoms with Crippen LogP contribution in [-0.2, 0) is 14.4 Å². The summed E-state index contributed by atoms with van der Waals surface area (Å²) in [5, 5.41) is 3.63. The lowest BCUT2D eigenvalue weighted by Gasteiger charge is -2.34. The summed E-state index contributed by atoms with van der Waals surface area (Å²) >= 11 is 5.86. The van der Waals surface area contributed by atoms with Crippen molar-refractivity contribution in [1.82, 2.24) is 15.1 Å². The van der Waals surface area contributed by atoms with Crippen LogP contribution in [0, 0.1) is 5.92 Å². The molecule has 1 aromatic carbocycles. The van der Waals surface area contributed by atoms with Crippen molar-refractivity contribution in [2.75, 3.05) is 19.6 Å². The second-order valence-corrected chi connectivity index (χ2v) is 8.80. The number of halogens is 1. The fourth-order valence-electron chi connectivity index (χ4n) is 3.99. The van der Waals surface area contributed by atoms with Gasteiger partial charge in [-0.3, -0.25) is 14.4 Å². The van der Waals surface area contributed by atoms with Crippen LogP contribution in [0.2, 0.25) is 5.02 Å². The normalized spacial score (nSPS) is 21.1. The van der Waals surface area contributed by atoms with Crippen molar-refractivity contribution in [3.63, 3.8) is 0 Å². The summed E-state index contributed by atoms with van der Waals surface area (Å²) in [4.78, 5) is 41.0. The summed E-state index contributed by atoms with van der Waals surface area (Å²) in [7, 11) is 0. The summed E-state index contributed by atoms with van der Waals surface area (Å²) in [6, 6.07) is 7.01. The third kappa shape index (κ3) is 5.45. The number of amides is 3. The van der Waals surface area contributed by atoms with Gasteiger partial charge in [0.1, 0.15) is 5.75 Å². The maximum atomic E-state index is 12.8. The Labute approximate surface area is 182 Å². The largest absolute Gasteiger partial charge is 0.481 e. The predicted octanol–water partition coefficient (Wildman–Crippen LogP) is 2.47. The first-order chi connectivity index (χ1) is 14.2. The minimum absolute atomic E-state index is 0.00944. The molecule has 2 aliphatic rings. The number of rotatable bonds is 6. The molecule has 3 rings (SSSR count). The highest BCUT2D eigenvalue weighted by Crippen LogP contribution is 2.24. The summed E-state index contributed by atoms with van der Waals surface area (Å²) in [5.41, 5.74) is 0. The molecule has 2 saturated heterocycles. The van der Waals surface area contributed by atoms with Crippen LogP contribution in [0.5, 0.6) is 5.75 Å². The Kier molecular flexibility index (Phi) is 7.23. The van der Waals surface area contributed by atoms with Crippen molar-refractivity contribution in [2.45, 2.75) is 58.2 Å². The number of piperidine rings is 1. The second-order valence-electron chi connectivity index (χ2n) is 8.36. The van der Waals surface area contributed by atoms with E-state index < -0.39 is 6.10 Å². The number of nitrogens with zero attached hydrogens (tertiary/aromatic N) is 2. The van der Waals surface area contributed by atoms with Crippen LogP contribution >= 0.6 is 11.6 Å². The third-order valence-corrected chi connectivity index (χ3v) is 6.03. The molecule has 2 heterocycles. The van der Waals surface area contributed by atoms with Gasteiger partial charge in [0.25, 0.3) is 5.91 Å². The molecule has 0 aromatic heterocycles. The zero-order valence-corrected chi connectivity index (χ0v) is 18.5. The number of ether oxygens (including phenoxy) is 1. The van der Waals surface area contributed by atoms with E-state index in [1.54, 1.807) is 36.1 Å². The molecular formula is C22H30ClN3O4. The van der Waals surface area contributed by atoms with E-state index in [1.807, 2.05) is 18.7 Å². The Morgan fingerprint density at radius 1 is 1.13 bits per heavy atom. The van der Waals surface area contributed by atoms with Gasteiger partial charge in [-0.1, -0.05) is 11.6 Å². The molecule has 164 valence electrons. The van der Waals surface area contributed by atoms with Crippen LogP contribution in [-0.4, -0.2) is 65.3 Å². The summed E-state index contributed by atoms with van der Waals surface area (Å²) in [6.45, 7) is 7.32. The fraction of sp³-hybridized carbons (Fsp3) is 0.591. The van der Waals surface area contributed by atoms with Crippen LogP contribution in [0.15, 0.2) is 24.3 Å². The number of nitrogens with one attached hydrogen (secondary N) is 1. The van der Waals surface area contributed by atoms with Crippen LogP contribution in [0.3, 0.4) is 0 Å². The first-order valence-electron chi connectivity index (χ1n) is 10.6. The lowest BCUT2D eigenvalue weighted by atomic mass is 10.0. The lowest BCUT2D eigenvalue weighted by Crippen LogP contribution is -2.50. The minimum atomic E-state index is -0.627. The number of benzene rings is 1. The van der Waals surface area contributed by atoms with Gasteiger partial charge >= 0.3 is 0 Å². The standard InChI is InChI=1S/C22H30ClN3O4/c1-14(2)26-13-16(12-20(26)27)22(29)25-10-8-18(9-11-25)24-21(28)15(3)30-19-6-4-17(23)5-7-19/h4-7,14-16,18H,8-13H2,1-3H3,(H,24,28). The van der Waals surface area contributed by atoms with Crippen molar-refractivity contribution in [2.24, 2.45) is 5.92 Å². The highest BCUT2D eigenvalue weighted by Gasteiger charge is 2.38. The van der Waals surface area contributed by atoms with Gasteiger partial charge in [0.2, 0.25) is 11.8 Å². The molecule has 0 bridgehead atoms. The molecule has 2 fully saturated rings. The maximum Gasteiger partial charge on any atom is 0.260 e. The van der Waals surface area contributed by atoms with Gasteiger partial charge in [0, 0.05) is 43.2 Å². The third-order valence-electron chi connectivity index (χ3n) is 5.78. The van der Waals surface area contributed by atoms with E-state index in [0.29, 0.717) is 49.7 Å². The van der Waals surface area contributed by atoms with E-state index in [-0.39, 0.29) is 35.7 Å². The quantitative estimate of drug-likeness (QED) is 0.744. The summed E-state index contributed by atoms with van der Waals surface area (Å²) in [5.74, 6) is 0.266. The Hall–Kier alpha value is -2.28. The van der Waals surface area contributed by atoms with Crippen LogP contribution in [0.1, 0.15) is 40.0 Å². The zero-order valence-electron chi connectivity index (χ0n) is 17.8. The molecule has 0 aliphatic carbocycles. The van der Waals surface area contributed by atoms with E-state index in [0.717, 1.165) is 0 Å². The number of carbonyl (C=O) groups excluding carboxylic acids is 3. The molecule has 0 saturated carbocycles. The average molecular weight is 436 g/mol. The monoisotopic (exact) mass is 435 g/mol. The first-order valence-corrected chi connectivity index (χ1v) is 10.9. The van der Waals surface area contributed by atoms with E-state index in [2.05, 4.69) is 5.32 Å². The number of hydrogen-bond acceptors (Lipinski definition) is 4. The predicted molar refractivity (Wildman–Crippen MR) is 114 cm³/mol. The Balaban J connectivity index is 1.44. The van der Waals surface area contributed by atoms with E-state index >= 15 is 0 Å². The highest BCUT2D eigenvalue weighted by atomic mass is 35.5. The van der Waals surface area contributed by atoms with Gasteiger partial charge in [-0.15, -0.1) is 0 Å².